The highest BCUT2D eigenvalue weighted by Gasteiger charge is 2.48. The third kappa shape index (κ3) is 2.81. The molecule has 0 radical (unpaired) electrons. The molecule has 1 aromatic rings. The number of esters is 1. The maximum Gasteiger partial charge on any atom is 0.326 e. The minimum absolute atomic E-state index is 0.0968. The van der Waals surface area contributed by atoms with Gasteiger partial charge in [-0.2, -0.15) is 5.10 Å². The molecule has 0 spiro atoms. The van der Waals surface area contributed by atoms with Crippen LogP contribution in [0.3, 0.4) is 0 Å². The molecule has 2 unspecified atom stereocenters. The summed E-state index contributed by atoms with van der Waals surface area (Å²) in [5.41, 5.74) is -0.497. The minimum atomic E-state index is -0.497. The molecule has 1 N–H and O–H groups in total. The predicted molar refractivity (Wildman–Crippen MR) is 72.6 cm³/mol. The zero-order chi connectivity index (χ0) is 13.7. The molecule has 1 aliphatic carbocycles. The summed E-state index contributed by atoms with van der Waals surface area (Å²) in [6.45, 7) is 3.14. The van der Waals surface area contributed by atoms with Crippen molar-refractivity contribution in [3.05, 3.63) is 18.5 Å². The van der Waals surface area contributed by atoms with Gasteiger partial charge in [0.25, 0.3) is 0 Å². The van der Waals surface area contributed by atoms with Gasteiger partial charge in [-0.25, -0.2) is 0 Å². The normalized spacial score (nSPS) is 26.5. The maximum absolute atomic E-state index is 12.3. The first kappa shape index (κ1) is 14.1. The Balaban J connectivity index is 2.03. The number of aryl methyl sites for hydroxylation is 1. The van der Waals surface area contributed by atoms with E-state index in [1.807, 2.05) is 30.9 Å². The van der Waals surface area contributed by atoms with E-state index in [0.717, 1.165) is 32.2 Å². The molecule has 1 aromatic heterocycles. The summed E-state index contributed by atoms with van der Waals surface area (Å²) in [5, 5.41) is 7.45. The van der Waals surface area contributed by atoms with Crippen LogP contribution in [0.5, 0.6) is 0 Å². The van der Waals surface area contributed by atoms with Gasteiger partial charge in [-0.15, -0.1) is 0 Å². The van der Waals surface area contributed by atoms with E-state index in [4.69, 9.17) is 4.74 Å². The number of carbonyl (C=O) groups excluding carboxylic acids is 1. The Morgan fingerprint density at radius 2 is 2.47 bits per heavy atom. The number of nitrogens with zero attached hydrogens (tertiary/aromatic N) is 2. The summed E-state index contributed by atoms with van der Waals surface area (Å²) in [7, 11) is 1.86. The van der Waals surface area contributed by atoms with E-state index in [2.05, 4.69) is 10.4 Å². The lowest BCUT2D eigenvalue weighted by atomic mass is 9.84. The molecule has 5 heteroatoms. The first-order valence-corrected chi connectivity index (χ1v) is 7.06. The van der Waals surface area contributed by atoms with Crippen LogP contribution in [0.25, 0.3) is 0 Å². The molecule has 1 heterocycles. The second kappa shape index (κ2) is 6.19. The van der Waals surface area contributed by atoms with E-state index in [1.165, 1.54) is 0 Å². The van der Waals surface area contributed by atoms with Crippen LogP contribution < -0.4 is 5.32 Å². The zero-order valence-electron chi connectivity index (χ0n) is 11.8. The van der Waals surface area contributed by atoms with Gasteiger partial charge in [-0.1, -0.05) is 6.42 Å². The van der Waals surface area contributed by atoms with Crippen molar-refractivity contribution in [1.82, 2.24) is 15.1 Å². The van der Waals surface area contributed by atoms with Gasteiger partial charge >= 0.3 is 5.97 Å². The summed E-state index contributed by atoms with van der Waals surface area (Å²) < 4.78 is 7.18. The van der Waals surface area contributed by atoms with E-state index in [0.29, 0.717) is 12.5 Å². The van der Waals surface area contributed by atoms with Crippen molar-refractivity contribution in [3.63, 3.8) is 0 Å². The number of aromatic nitrogens is 2. The van der Waals surface area contributed by atoms with Crippen LogP contribution in [-0.2, 0) is 16.1 Å². The number of hydrogen-bond donors (Lipinski definition) is 1. The van der Waals surface area contributed by atoms with E-state index in [-0.39, 0.29) is 5.97 Å². The van der Waals surface area contributed by atoms with Crippen LogP contribution in [0, 0.1) is 5.92 Å². The number of likely N-dealkylation sites (N-methyl/N-ethyl adjacent to an activating group) is 1. The van der Waals surface area contributed by atoms with Crippen molar-refractivity contribution in [2.75, 3.05) is 13.7 Å². The molecule has 0 saturated heterocycles. The second-order valence-corrected chi connectivity index (χ2v) is 5.09. The van der Waals surface area contributed by atoms with Crippen molar-refractivity contribution >= 4 is 5.97 Å². The van der Waals surface area contributed by atoms with Crippen molar-refractivity contribution in [2.45, 2.75) is 44.7 Å². The SMILES string of the molecule is CCOC(=O)C1(NC)CCCC1CCn1cccn1. The highest BCUT2D eigenvalue weighted by Crippen LogP contribution is 2.39. The molecule has 0 amide bonds. The van der Waals surface area contributed by atoms with Crippen LogP contribution in [0.15, 0.2) is 18.5 Å². The topological polar surface area (TPSA) is 56.1 Å². The quantitative estimate of drug-likeness (QED) is 0.794. The Morgan fingerprint density at radius 1 is 1.63 bits per heavy atom. The molecule has 0 aromatic carbocycles. The molecule has 106 valence electrons. The number of ether oxygens (including phenoxy) is 1. The van der Waals surface area contributed by atoms with Crippen molar-refractivity contribution in [2.24, 2.45) is 5.92 Å². The van der Waals surface area contributed by atoms with Gasteiger partial charge < -0.3 is 10.1 Å². The van der Waals surface area contributed by atoms with Crippen LogP contribution in [0.2, 0.25) is 0 Å². The number of rotatable bonds is 6. The molecule has 5 nitrogen and oxygen atoms in total. The molecular formula is C14H23N3O2. The first-order valence-electron chi connectivity index (χ1n) is 7.06. The van der Waals surface area contributed by atoms with Crippen molar-refractivity contribution < 1.29 is 9.53 Å². The average Bonchev–Trinajstić information content (AvgIpc) is 3.06. The predicted octanol–water partition coefficient (Wildman–Crippen LogP) is 1.59. The fourth-order valence-corrected chi connectivity index (χ4v) is 3.15. The molecule has 2 rings (SSSR count). The highest BCUT2D eigenvalue weighted by atomic mass is 16.5. The molecule has 19 heavy (non-hydrogen) atoms. The second-order valence-electron chi connectivity index (χ2n) is 5.09. The summed E-state index contributed by atoms with van der Waals surface area (Å²) in [5.74, 6) is 0.223. The van der Waals surface area contributed by atoms with E-state index >= 15 is 0 Å². The van der Waals surface area contributed by atoms with Gasteiger partial charge in [0.2, 0.25) is 0 Å². The minimum Gasteiger partial charge on any atom is -0.465 e. The third-order valence-electron chi connectivity index (χ3n) is 4.17. The number of nitrogens with one attached hydrogen (secondary N) is 1. The summed E-state index contributed by atoms with van der Waals surface area (Å²) in [6.07, 6.45) is 7.70. The summed E-state index contributed by atoms with van der Waals surface area (Å²) in [4.78, 5) is 12.3. The van der Waals surface area contributed by atoms with E-state index in [9.17, 15) is 4.79 Å². The molecule has 2 atom stereocenters. The lowest BCUT2D eigenvalue weighted by Crippen LogP contribution is -2.54. The van der Waals surface area contributed by atoms with Gasteiger partial charge in [0.05, 0.1) is 6.61 Å². The summed E-state index contributed by atoms with van der Waals surface area (Å²) in [6, 6.07) is 1.92. The fraction of sp³-hybridized carbons (Fsp3) is 0.714. The number of carbonyl (C=O) groups is 1. The first-order chi connectivity index (χ1) is 9.23. The average molecular weight is 265 g/mol. The van der Waals surface area contributed by atoms with Gasteiger partial charge in [0, 0.05) is 18.9 Å². The lowest BCUT2D eigenvalue weighted by molar-refractivity contribution is -0.153. The highest BCUT2D eigenvalue weighted by molar-refractivity contribution is 5.81. The lowest BCUT2D eigenvalue weighted by Gasteiger charge is -2.32. The van der Waals surface area contributed by atoms with Crippen LogP contribution >= 0.6 is 0 Å². The fourth-order valence-electron chi connectivity index (χ4n) is 3.15. The number of hydrogen-bond acceptors (Lipinski definition) is 4. The third-order valence-corrected chi connectivity index (χ3v) is 4.17. The molecule has 1 fully saturated rings. The Kier molecular flexibility index (Phi) is 4.58. The zero-order valence-corrected chi connectivity index (χ0v) is 11.8. The van der Waals surface area contributed by atoms with Crippen LogP contribution in [0.4, 0.5) is 0 Å². The molecular weight excluding hydrogens is 242 g/mol. The monoisotopic (exact) mass is 265 g/mol. The van der Waals surface area contributed by atoms with Crippen molar-refractivity contribution in [1.29, 1.82) is 0 Å². The molecule has 0 aliphatic heterocycles. The smallest absolute Gasteiger partial charge is 0.326 e. The Hall–Kier alpha value is -1.36. The van der Waals surface area contributed by atoms with E-state index in [1.54, 1.807) is 6.20 Å². The van der Waals surface area contributed by atoms with Crippen LogP contribution in [0.1, 0.15) is 32.6 Å². The molecule has 0 bridgehead atoms. The maximum atomic E-state index is 12.3. The standard InChI is InChI=1S/C14H23N3O2/c1-3-19-13(18)14(15-2)8-4-6-12(14)7-11-17-10-5-9-16-17/h5,9-10,12,15H,3-4,6-8,11H2,1-2H3. The Bertz CT molecular complexity index is 405. The largest absolute Gasteiger partial charge is 0.465 e. The van der Waals surface area contributed by atoms with E-state index < -0.39 is 5.54 Å². The van der Waals surface area contributed by atoms with Crippen molar-refractivity contribution in [3.8, 4) is 0 Å². The Morgan fingerprint density at radius 3 is 3.11 bits per heavy atom. The van der Waals surface area contributed by atoms with Gasteiger partial charge in [-0.05, 0) is 45.2 Å². The molecule has 1 saturated carbocycles. The van der Waals surface area contributed by atoms with Crippen LogP contribution in [-0.4, -0.2) is 34.9 Å². The molecule has 1 aliphatic rings. The van der Waals surface area contributed by atoms with Gasteiger partial charge in [-0.3, -0.25) is 9.48 Å². The van der Waals surface area contributed by atoms with Gasteiger partial charge in [0.1, 0.15) is 5.54 Å². The Labute approximate surface area is 114 Å². The van der Waals surface area contributed by atoms with Gasteiger partial charge in [0.15, 0.2) is 0 Å². The summed E-state index contributed by atoms with van der Waals surface area (Å²) >= 11 is 0.